The number of amides is 1. The van der Waals surface area contributed by atoms with E-state index in [0.29, 0.717) is 23.3 Å². The van der Waals surface area contributed by atoms with Gasteiger partial charge in [0.2, 0.25) is 0 Å². The van der Waals surface area contributed by atoms with Gasteiger partial charge in [0.05, 0.1) is 16.9 Å². The van der Waals surface area contributed by atoms with Crippen molar-refractivity contribution in [1.29, 1.82) is 0 Å². The number of Topliss-reactive ketones (excluding diaryl/α,β-unsaturated/α-hetero) is 1. The minimum Gasteiger partial charge on any atom is -0.366 e. The summed E-state index contributed by atoms with van der Waals surface area (Å²) < 4.78 is 14.2. The number of nitrogens with zero attached hydrogens (tertiary/aromatic N) is 1. The van der Waals surface area contributed by atoms with Crippen molar-refractivity contribution in [2.24, 2.45) is 5.92 Å². The second kappa shape index (κ2) is 3.56. The second-order valence-corrected chi connectivity index (χ2v) is 5.62. The average Bonchev–Trinajstić information content (AvgIpc) is 3.06. The van der Waals surface area contributed by atoms with Gasteiger partial charge in [-0.05, 0) is 37.3 Å². The number of halogens is 1. The Balaban J connectivity index is 1.77. The third kappa shape index (κ3) is 1.44. The van der Waals surface area contributed by atoms with E-state index in [1.165, 1.54) is 12.5 Å². The largest absolute Gasteiger partial charge is 0.366 e. The lowest BCUT2D eigenvalue weighted by Gasteiger charge is -2.29. The number of anilines is 2. The van der Waals surface area contributed by atoms with Crippen molar-refractivity contribution >= 4 is 23.1 Å². The molecule has 2 heterocycles. The number of hydrogen-bond donors (Lipinski definition) is 1. The fraction of sp³-hybridized carbons (Fsp3) is 0.429. The van der Waals surface area contributed by atoms with Gasteiger partial charge < -0.3 is 10.2 Å². The van der Waals surface area contributed by atoms with Crippen LogP contribution in [0.4, 0.5) is 15.8 Å². The fourth-order valence-corrected chi connectivity index (χ4v) is 3.59. The van der Waals surface area contributed by atoms with Crippen LogP contribution in [0.3, 0.4) is 0 Å². The first-order valence-electron chi connectivity index (χ1n) is 6.59. The summed E-state index contributed by atoms with van der Waals surface area (Å²) in [6.45, 7) is 0.877. The maximum atomic E-state index is 14.2. The third-order valence-corrected chi connectivity index (χ3v) is 4.50. The Morgan fingerprint density at radius 2 is 2.11 bits per heavy atom. The highest BCUT2D eigenvalue weighted by molar-refractivity contribution is 6.51. The summed E-state index contributed by atoms with van der Waals surface area (Å²) in [6, 6.07) is 3.20. The van der Waals surface area contributed by atoms with Crippen molar-refractivity contribution in [3.05, 3.63) is 23.5 Å². The van der Waals surface area contributed by atoms with Crippen LogP contribution in [0.25, 0.3) is 0 Å². The molecule has 1 aromatic rings. The molecule has 2 atom stereocenters. The monoisotopic (exact) mass is 260 g/mol. The standard InChI is InChI=1S/C14H13FN2O2/c15-10-4-9-11(16-14(19)13(9)18)5-12(10)17-6-7-1-2-8(17)3-7/h4-5,7-8H,1-3,6H2,(H,16,18,19). The summed E-state index contributed by atoms with van der Waals surface area (Å²) in [5, 5.41) is 2.50. The predicted octanol–water partition coefficient (Wildman–Crippen LogP) is 1.95. The van der Waals surface area contributed by atoms with Gasteiger partial charge in [0.15, 0.2) is 0 Å². The zero-order chi connectivity index (χ0) is 13.1. The Kier molecular flexibility index (Phi) is 2.05. The summed E-state index contributed by atoms with van der Waals surface area (Å²) >= 11 is 0. The number of carbonyl (C=O) groups is 2. The topological polar surface area (TPSA) is 49.4 Å². The molecule has 1 aliphatic carbocycles. The molecule has 19 heavy (non-hydrogen) atoms. The molecule has 2 unspecified atom stereocenters. The minimum absolute atomic E-state index is 0.149. The summed E-state index contributed by atoms with van der Waals surface area (Å²) in [6.07, 6.45) is 3.46. The lowest BCUT2D eigenvalue weighted by atomic mass is 10.1. The van der Waals surface area contributed by atoms with Crippen LogP contribution in [-0.4, -0.2) is 24.3 Å². The van der Waals surface area contributed by atoms with Gasteiger partial charge >= 0.3 is 0 Å². The molecule has 1 saturated heterocycles. The van der Waals surface area contributed by atoms with Crippen molar-refractivity contribution in [2.45, 2.75) is 25.3 Å². The van der Waals surface area contributed by atoms with Crippen molar-refractivity contribution in [3.8, 4) is 0 Å². The highest BCUT2D eigenvalue weighted by atomic mass is 19.1. The van der Waals surface area contributed by atoms with Crippen LogP contribution in [-0.2, 0) is 4.79 Å². The predicted molar refractivity (Wildman–Crippen MR) is 67.8 cm³/mol. The van der Waals surface area contributed by atoms with Gasteiger partial charge in [-0.3, -0.25) is 9.59 Å². The summed E-state index contributed by atoms with van der Waals surface area (Å²) in [5.41, 5.74) is 1.10. The highest BCUT2D eigenvalue weighted by Crippen LogP contribution is 2.42. The summed E-state index contributed by atoms with van der Waals surface area (Å²) in [4.78, 5) is 24.9. The molecule has 0 spiro atoms. The van der Waals surface area contributed by atoms with E-state index in [1.807, 2.05) is 0 Å². The van der Waals surface area contributed by atoms with E-state index in [9.17, 15) is 14.0 Å². The number of nitrogens with one attached hydrogen (secondary N) is 1. The fourth-order valence-electron chi connectivity index (χ4n) is 3.59. The maximum absolute atomic E-state index is 14.2. The number of piperidine rings is 1. The van der Waals surface area contributed by atoms with Gasteiger partial charge in [0.1, 0.15) is 5.82 Å². The number of ketones is 1. The zero-order valence-electron chi connectivity index (χ0n) is 10.3. The van der Waals surface area contributed by atoms with Gasteiger partial charge in [0.25, 0.3) is 11.7 Å². The molecule has 2 bridgehead atoms. The van der Waals surface area contributed by atoms with E-state index >= 15 is 0 Å². The Morgan fingerprint density at radius 3 is 2.79 bits per heavy atom. The summed E-state index contributed by atoms with van der Waals surface area (Å²) in [7, 11) is 0. The Bertz CT molecular complexity index is 614. The van der Waals surface area contributed by atoms with Gasteiger partial charge in [0, 0.05) is 12.6 Å². The number of rotatable bonds is 1. The van der Waals surface area contributed by atoms with Crippen LogP contribution in [0.5, 0.6) is 0 Å². The van der Waals surface area contributed by atoms with Gasteiger partial charge in [-0.15, -0.1) is 0 Å². The Morgan fingerprint density at radius 1 is 1.26 bits per heavy atom. The minimum atomic E-state index is -0.672. The van der Waals surface area contributed by atoms with Crippen molar-refractivity contribution in [2.75, 3.05) is 16.8 Å². The highest BCUT2D eigenvalue weighted by Gasteiger charge is 2.39. The van der Waals surface area contributed by atoms with E-state index in [4.69, 9.17) is 0 Å². The molecular weight excluding hydrogens is 247 g/mol. The number of hydrogen-bond acceptors (Lipinski definition) is 3. The molecule has 1 saturated carbocycles. The van der Waals surface area contributed by atoms with Crippen LogP contribution in [0.2, 0.25) is 0 Å². The normalized spacial score (nSPS) is 27.9. The number of benzene rings is 1. The van der Waals surface area contributed by atoms with Gasteiger partial charge in [-0.2, -0.15) is 0 Å². The SMILES string of the molecule is O=C1Nc2cc(N3CC4CCC3C4)c(F)cc2C1=O. The quantitative estimate of drug-likeness (QED) is 0.785. The molecule has 2 aliphatic heterocycles. The molecule has 1 amide bonds. The van der Waals surface area contributed by atoms with Gasteiger partial charge in [-0.25, -0.2) is 4.39 Å². The van der Waals surface area contributed by atoms with Crippen molar-refractivity contribution in [3.63, 3.8) is 0 Å². The van der Waals surface area contributed by atoms with Crippen LogP contribution in [0.15, 0.2) is 12.1 Å². The van der Waals surface area contributed by atoms with Crippen LogP contribution >= 0.6 is 0 Å². The number of carbonyl (C=O) groups excluding carboxylic acids is 2. The van der Waals surface area contributed by atoms with E-state index < -0.39 is 17.5 Å². The van der Waals surface area contributed by atoms with E-state index in [-0.39, 0.29) is 5.56 Å². The molecule has 0 aromatic heterocycles. The molecule has 4 nitrogen and oxygen atoms in total. The summed E-state index contributed by atoms with van der Waals surface area (Å²) in [5.74, 6) is -1.07. The molecule has 5 heteroatoms. The molecule has 2 fully saturated rings. The first-order chi connectivity index (χ1) is 9.13. The average molecular weight is 260 g/mol. The lowest BCUT2D eigenvalue weighted by Crippen LogP contribution is -2.32. The van der Waals surface area contributed by atoms with Crippen LogP contribution < -0.4 is 10.2 Å². The van der Waals surface area contributed by atoms with Crippen LogP contribution in [0, 0.1) is 11.7 Å². The number of fused-ring (bicyclic) bond motifs is 3. The third-order valence-electron chi connectivity index (χ3n) is 4.50. The second-order valence-electron chi connectivity index (χ2n) is 5.62. The lowest BCUT2D eigenvalue weighted by molar-refractivity contribution is -0.112. The maximum Gasteiger partial charge on any atom is 0.296 e. The van der Waals surface area contributed by atoms with Crippen molar-refractivity contribution in [1.82, 2.24) is 0 Å². The van der Waals surface area contributed by atoms with E-state index in [1.54, 1.807) is 6.07 Å². The van der Waals surface area contributed by atoms with Gasteiger partial charge in [-0.1, -0.05) is 0 Å². The van der Waals surface area contributed by atoms with E-state index in [2.05, 4.69) is 10.2 Å². The first-order valence-corrected chi connectivity index (χ1v) is 6.59. The van der Waals surface area contributed by atoms with Crippen LogP contribution in [0.1, 0.15) is 29.6 Å². The van der Waals surface area contributed by atoms with Crippen molar-refractivity contribution < 1.29 is 14.0 Å². The molecule has 0 radical (unpaired) electrons. The Hall–Kier alpha value is -1.91. The molecule has 98 valence electrons. The Labute approximate surface area is 109 Å². The molecule has 3 aliphatic rings. The molecular formula is C14H13FN2O2. The smallest absolute Gasteiger partial charge is 0.296 e. The molecule has 1 N–H and O–H groups in total. The molecule has 4 rings (SSSR count). The van der Waals surface area contributed by atoms with E-state index in [0.717, 1.165) is 19.4 Å². The zero-order valence-corrected chi connectivity index (χ0v) is 10.3. The molecule has 1 aromatic carbocycles. The first kappa shape index (κ1) is 11.0.